The first-order valence-electron chi connectivity index (χ1n) is 4.44. The lowest BCUT2D eigenvalue weighted by Crippen LogP contribution is -2.39. The van der Waals surface area contributed by atoms with Crippen molar-refractivity contribution in [3.8, 4) is 0 Å². The fourth-order valence-electron chi connectivity index (χ4n) is 1.02. The van der Waals surface area contributed by atoms with Crippen LogP contribution in [0, 0.1) is 5.92 Å². The Labute approximate surface area is 111 Å². The molecular formula is C8H8F7IO2. The molecule has 2 nitrogen and oxygen atoms in total. The summed E-state index contributed by atoms with van der Waals surface area (Å²) in [5.74, 6) is -4.78. The van der Waals surface area contributed by atoms with E-state index in [9.17, 15) is 35.5 Å². The number of carbonyl (C=O) groups excluding carboxylic acids is 1. The van der Waals surface area contributed by atoms with E-state index in [4.69, 9.17) is 0 Å². The van der Waals surface area contributed by atoms with Crippen LogP contribution in [-0.4, -0.2) is 28.6 Å². The molecule has 0 N–H and O–H groups in total. The van der Waals surface area contributed by atoms with E-state index in [1.54, 1.807) is 0 Å². The van der Waals surface area contributed by atoms with Gasteiger partial charge in [0.25, 0.3) is 6.36 Å². The number of carbonyl (C=O) groups is 1. The molecule has 0 fully saturated rings. The topological polar surface area (TPSA) is 26.3 Å². The van der Waals surface area contributed by atoms with Gasteiger partial charge in [0.2, 0.25) is 0 Å². The van der Waals surface area contributed by atoms with Gasteiger partial charge in [0.15, 0.2) is 5.92 Å². The summed E-state index contributed by atoms with van der Waals surface area (Å²) in [6, 6.07) is 0. The van der Waals surface area contributed by atoms with Crippen molar-refractivity contribution in [3.05, 3.63) is 0 Å². The predicted octanol–water partition coefficient (Wildman–Crippen LogP) is 3.78. The first kappa shape index (κ1) is 17.7. The fourth-order valence-corrected chi connectivity index (χ4v) is 1.67. The van der Waals surface area contributed by atoms with Gasteiger partial charge >= 0.3 is 18.3 Å². The van der Waals surface area contributed by atoms with E-state index in [0.717, 1.165) is 29.5 Å². The second-order valence-corrected chi connectivity index (χ2v) is 4.95. The molecule has 18 heavy (non-hydrogen) atoms. The van der Waals surface area contributed by atoms with Crippen molar-refractivity contribution in [1.82, 2.24) is 0 Å². The third kappa shape index (κ3) is 6.05. The monoisotopic (exact) mass is 396 g/mol. The Hall–Kier alpha value is -0.290. The van der Waals surface area contributed by atoms with E-state index >= 15 is 0 Å². The van der Waals surface area contributed by atoms with Crippen LogP contribution in [0.2, 0.25) is 0 Å². The molecule has 0 bridgehead atoms. The number of hydrogen-bond acceptors (Lipinski definition) is 2. The number of esters is 1. The van der Waals surface area contributed by atoms with Gasteiger partial charge in [-0.3, -0.25) is 4.79 Å². The highest BCUT2D eigenvalue weighted by Gasteiger charge is 2.57. The summed E-state index contributed by atoms with van der Waals surface area (Å²) in [5.41, 5.74) is 0. The molecule has 10 heteroatoms. The number of alkyl halides is 8. The summed E-state index contributed by atoms with van der Waals surface area (Å²) in [4.78, 5) is 10.3. The molecule has 0 aliphatic carbocycles. The van der Waals surface area contributed by atoms with Gasteiger partial charge in [0, 0.05) is 6.92 Å². The van der Waals surface area contributed by atoms with Gasteiger partial charge in [0.05, 0.1) is 3.92 Å². The van der Waals surface area contributed by atoms with Gasteiger partial charge in [-0.25, -0.2) is 4.39 Å². The molecule has 0 aromatic carbocycles. The van der Waals surface area contributed by atoms with Crippen molar-refractivity contribution in [3.63, 3.8) is 0 Å². The van der Waals surface area contributed by atoms with Crippen molar-refractivity contribution in [2.45, 2.75) is 36.0 Å². The molecular weight excluding hydrogens is 388 g/mol. The molecule has 108 valence electrons. The van der Waals surface area contributed by atoms with E-state index in [1.165, 1.54) is 0 Å². The van der Waals surface area contributed by atoms with E-state index < -0.39 is 40.9 Å². The van der Waals surface area contributed by atoms with Gasteiger partial charge in [-0.15, -0.1) is 0 Å². The molecule has 0 saturated heterocycles. The summed E-state index contributed by atoms with van der Waals surface area (Å²) in [6.45, 7) is 0.793. The first-order chi connectivity index (χ1) is 7.85. The summed E-state index contributed by atoms with van der Waals surface area (Å²) in [6.07, 6.45) is -15.1. The number of ether oxygens (including phenoxy) is 1. The molecule has 0 heterocycles. The van der Waals surface area contributed by atoms with Crippen molar-refractivity contribution in [2.24, 2.45) is 5.92 Å². The zero-order valence-electron chi connectivity index (χ0n) is 8.78. The van der Waals surface area contributed by atoms with Crippen molar-refractivity contribution in [1.29, 1.82) is 0 Å². The minimum absolute atomic E-state index is 0.793. The fraction of sp³-hybridized carbons (Fsp3) is 0.875. The van der Waals surface area contributed by atoms with Gasteiger partial charge in [-0.05, 0) is 6.42 Å². The van der Waals surface area contributed by atoms with Gasteiger partial charge in [0.1, 0.15) is 0 Å². The molecule has 0 radical (unpaired) electrons. The van der Waals surface area contributed by atoms with Crippen LogP contribution in [0.1, 0.15) is 13.3 Å². The van der Waals surface area contributed by atoms with E-state index in [2.05, 4.69) is 4.74 Å². The van der Waals surface area contributed by atoms with Crippen LogP contribution < -0.4 is 0 Å². The maximum Gasteiger partial charge on any atom is 0.400 e. The van der Waals surface area contributed by atoms with E-state index in [1.807, 2.05) is 0 Å². The van der Waals surface area contributed by atoms with E-state index in [0.29, 0.717) is 0 Å². The lowest BCUT2D eigenvalue weighted by atomic mass is 10.0. The molecule has 0 aliphatic rings. The van der Waals surface area contributed by atoms with Crippen molar-refractivity contribution in [2.75, 3.05) is 0 Å². The Morgan fingerprint density at radius 1 is 1.17 bits per heavy atom. The normalized spacial score (nSPS) is 16.6. The lowest BCUT2D eigenvalue weighted by molar-refractivity contribution is -0.286. The molecule has 0 amide bonds. The minimum Gasteiger partial charge on any atom is -0.430 e. The Balaban J connectivity index is 4.75. The molecule has 2 unspecified atom stereocenters. The quantitative estimate of drug-likeness (QED) is 0.313. The maximum absolute atomic E-state index is 13.0. The second kappa shape index (κ2) is 6.24. The van der Waals surface area contributed by atoms with Crippen LogP contribution in [0.25, 0.3) is 0 Å². The smallest absolute Gasteiger partial charge is 0.400 e. The molecule has 0 spiro atoms. The SMILES string of the molecule is CC(=O)OC(F)C(I)CC(C(F)(F)F)C(F)(F)F. The summed E-state index contributed by atoms with van der Waals surface area (Å²) >= 11 is 1.04. The Morgan fingerprint density at radius 3 is 1.83 bits per heavy atom. The first-order valence-corrected chi connectivity index (χ1v) is 5.69. The summed E-state index contributed by atoms with van der Waals surface area (Å²) in [5, 5.41) is 0. The predicted molar refractivity (Wildman–Crippen MR) is 54.7 cm³/mol. The standard InChI is InChI=1S/C8H8F7IO2/c1-3(17)18-6(9)4(16)2-5(7(10,11)12)8(13,14)15/h4-6H,2H2,1H3. The molecule has 2 atom stereocenters. The van der Waals surface area contributed by atoms with Gasteiger partial charge in [-0.2, -0.15) is 26.3 Å². The van der Waals surface area contributed by atoms with E-state index in [-0.39, 0.29) is 0 Å². The average molecular weight is 396 g/mol. The molecule has 0 saturated carbocycles. The molecule has 0 aromatic heterocycles. The highest BCUT2D eigenvalue weighted by molar-refractivity contribution is 14.1. The van der Waals surface area contributed by atoms with Crippen molar-refractivity contribution < 1.29 is 40.3 Å². The van der Waals surface area contributed by atoms with Crippen LogP contribution in [-0.2, 0) is 9.53 Å². The Bertz CT molecular complexity index is 274. The average Bonchev–Trinajstić information content (AvgIpc) is 2.08. The molecule has 0 aromatic rings. The minimum atomic E-state index is -5.53. The Morgan fingerprint density at radius 2 is 1.56 bits per heavy atom. The molecule has 0 aliphatic heterocycles. The van der Waals surface area contributed by atoms with Crippen LogP contribution in [0.4, 0.5) is 30.7 Å². The maximum atomic E-state index is 13.0. The number of rotatable bonds is 4. The zero-order valence-corrected chi connectivity index (χ0v) is 10.9. The van der Waals surface area contributed by atoms with Gasteiger partial charge < -0.3 is 4.74 Å². The Kier molecular flexibility index (Phi) is 6.14. The summed E-state index contributed by atoms with van der Waals surface area (Å²) in [7, 11) is 0. The van der Waals surface area contributed by atoms with Gasteiger partial charge in [-0.1, -0.05) is 22.6 Å². The third-order valence-corrected chi connectivity index (χ3v) is 2.89. The summed E-state index contributed by atoms with van der Waals surface area (Å²) < 4.78 is 88.0. The zero-order chi connectivity index (χ0) is 14.7. The van der Waals surface area contributed by atoms with Crippen LogP contribution in [0.15, 0.2) is 0 Å². The third-order valence-electron chi connectivity index (χ3n) is 1.81. The van der Waals surface area contributed by atoms with Crippen LogP contribution >= 0.6 is 22.6 Å². The lowest BCUT2D eigenvalue weighted by Gasteiger charge is -2.25. The highest BCUT2D eigenvalue weighted by atomic mass is 127. The number of hydrogen-bond donors (Lipinski definition) is 0. The number of halogens is 8. The largest absolute Gasteiger partial charge is 0.430 e. The van der Waals surface area contributed by atoms with Crippen molar-refractivity contribution >= 4 is 28.6 Å². The molecule has 0 rings (SSSR count). The second-order valence-electron chi connectivity index (χ2n) is 3.35. The highest BCUT2D eigenvalue weighted by Crippen LogP contribution is 2.43. The van der Waals surface area contributed by atoms with Crippen LogP contribution in [0.3, 0.4) is 0 Å². The van der Waals surface area contributed by atoms with Crippen LogP contribution in [0.5, 0.6) is 0 Å².